The molecule has 0 radical (unpaired) electrons. The summed E-state index contributed by atoms with van der Waals surface area (Å²) in [4.78, 5) is 0. The summed E-state index contributed by atoms with van der Waals surface area (Å²) in [6.45, 7) is 10.5. The Morgan fingerprint density at radius 2 is 2.00 bits per heavy atom. The first-order chi connectivity index (χ1) is 7.35. The molecule has 1 rings (SSSR count). The summed E-state index contributed by atoms with van der Waals surface area (Å²) in [5, 5.41) is 0. The molecule has 16 heavy (non-hydrogen) atoms. The average molecular weight is 246 g/mol. The first-order valence-corrected chi connectivity index (χ1v) is 8.86. The Labute approximate surface area is 101 Å². The molecule has 0 amide bonds. The Hall–Kier alpha value is 0.190. The van der Waals surface area contributed by atoms with Crippen molar-refractivity contribution in [1.29, 1.82) is 0 Å². The fourth-order valence-corrected chi connectivity index (χ4v) is 3.56. The molecule has 1 aliphatic rings. The zero-order valence-electron chi connectivity index (χ0n) is 11.4. The van der Waals surface area contributed by atoms with Crippen molar-refractivity contribution in [2.45, 2.75) is 53.1 Å². The van der Waals surface area contributed by atoms with Gasteiger partial charge in [0.25, 0.3) is 0 Å². The quantitative estimate of drug-likeness (QED) is 0.687. The minimum Gasteiger partial charge on any atom is -0.325 e. The lowest BCUT2D eigenvalue weighted by atomic mass is 9.75. The number of hydrogen-bond acceptors (Lipinski definition) is 2. The van der Waals surface area contributed by atoms with Crippen LogP contribution in [0.4, 0.5) is 0 Å². The molecule has 0 spiro atoms. The zero-order valence-corrected chi connectivity index (χ0v) is 12.3. The largest absolute Gasteiger partial charge is 0.325 e. The van der Waals surface area contributed by atoms with Gasteiger partial charge in [0.1, 0.15) is 0 Å². The summed E-state index contributed by atoms with van der Waals surface area (Å²) in [6, 6.07) is 0. The van der Waals surface area contributed by atoms with E-state index in [2.05, 4.69) is 20.8 Å². The summed E-state index contributed by atoms with van der Waals surface area (Å²) in [5.41, 5.74) is 0. The van der Waals surface area contributed by atoms with Crippen molar-refractivity contribution in [3.8, 4) is 0 Å². The first kappa shape index (κ1) is 14.3. The van der Waals surface area contributed by atoms with E-state index in [-0.39, 0.29) is 6.10 Å². The summed E-state index contributed by atoms with van der Waals surface area (Å²) >= 11 is 0. The molecule has 0 aromatic rings. The summed E-state index contributed by atoms with van der Waals surface area (Å²) in [5.74, 6) is 1.95. The van der Waals surface area contributed by atoms with Crippen LogP contribution in [-0.2, 0) is 9.09 Å². The van der Waals surface area contributed by atoms with Crippen LogP contribution in [0.2, 0.25) is 0 Å². The van der Waals surface area contributed by atoms with Crippen LogP contribution >= 0.6 is 7.37 Å². The van der Waals surface area contributed by atoms with Gasteiger partial charge < -0.3 is 4.52 Å². The van der Waals surface area contributed by atoms with Crippen LogP contribution in [0.5, 0.6) is 0 Å². The highest BCUT2D eigenvalue weighted by molar-refractivity contribution is 7.58. The lowest BCUT2D eigenvalue weighted by molar-refractivity contribution is 0.0491. The Morgan fingerprint density at radius 1 is 1.38 bits per heavy atom. The van der Waals surface area contributed by atoms with Crippen molar-refractivity contribution >= 4 is 7.37 Å². The molecule has 0 saturated heterocycles. The molecule has 4 atom stereocenters. The van der Waals surface area contributed by atoms with Crippen LogP contribution in [0.25, 0.3) is 0 Å². The fourth-order valence-electron chi connectivity index (χ4n) is 2.60. The van der Waals surface area contributed by atoms with Gasteiger partial charge in [-0.05, 0) is 30.6 Å². The number of rotatable bonds is 4. The third kappa shape index (κ3) is 3.89. The monoisotopic (exact) mass is 246 g/mol. The van der Waals surface area contributed by atoms with E-state index in [9.17, 15) is 4.57 Å². The van der Waals surface area contributed by atoms with E-state index in [1.54, 1.807) is 6.66 Å². The molecule has 96 valence electrons. The first-order valence-electron chi connectivity index (χ1n) is 6.60. The maximum absolute atomic E-state index is 12.1. The molecule has 0 aromatic heterocycles. The molecular weight excluding hydrogens is 219 g/mol. The highest BCUT2D eigenvalue weighted by Crippen LogP contribution is 2.48. The standard InChI is InChI=1S/C13H27O2P/c1-6-16(5,14)15-13-9-11(4)7-8-12(13)10(2)3/h10-13H,6-9H2,1-5H3/t11-,12+,13-,16?/m1/s1. The van der Waals surface area contributed by atoms with Gasteiger partial charge in [-0.3, -0.25) is 4.57 Å². The van der Waals surface area contributed by atoms with Gasteiger partial charge in [0, 0.05) is 12.8 Å². The molecule has 0 aliphatic heterocycles. The van der Waals surface area contributed by atoms with Crippen molar-refractivity contribution < 1.29 is 9.09 Å². The predicted molar refractivity (Wildman–Crippen MR) is 70.3 cm³/mol. The Balaban J connectivity index is 2.68. The van der Waals surface area contributed by atoms with Gasteiger partial charge in [-0.2, -0.15) is 0 Å². The minimum absolute atomic E-state index is 0.222. The molecular formula is C13H27O2P. The van der Waals surface area contributed by atoms with E-state index in [0.29, 0.717) is 18.0 Å². The van der Waals surface area contributed by atoms with Gasteiger partial charge in [-0.25, -0.2) is 0 Å². The highest BCUT2D eigenvalue weighted by atomic mass is 31.2. The zero-order chi connectivity index (χ0) is 12.3. The molecule has 1 saturated carbocycles. The second-order valence-corrected chi connectivity index (χ2v) is 8.67. The van der Waals surface area contributed by atoms with Gasteiger partial charge >= 0.3 is 0 Å². The minimum atomic E-state index is -2.35. The maximum Gasteiger partial charge on any atom is 0.200 e. The molecule has 0 aromatic carbocycles. The van der Waals surface area contributed by atoms with Gasteiger partial charge in [0.05, 0.1) is 6.10 Å². The van der Waals surface area contributed by atoms with Gasteiger partial charge in [0.2, 0.25) is 0 Å². The molecule has 1 aliphatic carbocycles. The Kier molecular flexibility index (Phi) is 5.07. The molecule has 2 nitrogen and oxygen atoms in total. The Bertz CT molecular complexity index is 263. The maximum atomic E-state index is 12.1. The normalized spacial score (nSPS) is 35.0. The van der Waals surface area contributed by atoms with Crippen molar-refractivity contribution in [2.75, 3.05) is 12.8 Å². The molecule has 3 heteroatoms. The topological polar surface area (TPSA) is 26.3 Å². The molecule has 1 unspecified atom stereocenters. The summed E-state index contributed by atoms with van der Waals surface area (Å²) in [6.07, 6.45) is 4.49. The predicted octanol–water partition coefficient (Wildman–Crippen LogP) is 4.39. The van der Waals surface area contributed by atoms with E-state index in [1.165, 1.54) is 12.8 Å². The van der Waals surface area contributed by atoms with Gasteiger partial charge in [-0.15, -0.1) is 0 Å². The van der Waals surface area contributed by atoms with Gasteiger partial charge in [-0.1, -0.05) is 34.1 Å². The van der Waals surface area contributed by atoms with Crippen LogP contribution in [0.3, 0.4) is 0 Å². The second-order valence-electron chi connectivity index (χ2n) is 5.80. The lowest BCUT2D eigenvalue weighted by Gasteiger charge is -2.38. The van der Waals surface area contributed by atoms with Crippen LogP contribution in [-0.4, -0.2) is 18.9 Å². The van der Waals surface area contributed by atoms with Gasteiger partial charge in [0.15, 0.2) is 7.37 Å². The van der Waals surface area contributed by atoms with Crippen LogP contribution in [0, 0.1) is 17.8 Å². The number of hydrogen-bond donors (Lipinski definition) is 0. The van der Waals surface area contributed by atoms with E-state index in [1.807, 2.05) is 6.92 Å². The fraction of sp³-hybridized carbons (Fsp3) is 1.00. The average Bonchev–Trinajstić information content (AvgIpc) is 2.16. The second kappa shape index (κ2) is 5.69. The van der Waals surface area contributed by atoms with Crippen molar-refractivity contribution in [2.24, 2.45) is 17.8 Å². The lowest BCUT2D eigenvalue weighted by Crippen LogP contribution is -2.33. The molecule has 0 N–H and O–H groups in total. The van der Waals surface area contributed by atoms with E-state index >= 15 is 0 Å². The van der Waals surface area contributed by atoms with Crippen LogP contribution < -0.4 is 0 Å². The van der Waals surface area contributed by atoms with E-state index < -0.39 is 7.37 Å². The van der Waals surface area contributed by atoms with E-state index in [4.69, 9.17) is 4.52 Å². The molecule has 0 heterocycles. The highest BCUT2D eigenvalue weighted by Gasteiger charge is 2.34. The summed E-state index contributed by atoms with van der Waals surface area (Å²) < 4.78 is 18.0. The summed E-state index contributed by atoms with van der Waals surface area (Å²) in [7, 11) is -2.35. The van der Waals surface area contributed by atoms with Crippen molar-refractivity contribution in [3.05, 3.63) is 0 Å². The third-order valence-electron chi connectivity index (χ3n) is 3.89. The molecule has 1 fully saturated rings. The smallest absolute Gasteiger partial charge is 0.200 e. The molecule has 0 bridgehead atoms. The van der Waals surface area contributed by atoms with E-state index in [0.717, 1.165) is 12.3 Å². The SMILES string of the molecule is CCP(C)(=O)O[C@@H]1C[C@H](C)CC[C@H]1C(C)C. The Morgan fingerprint density at radius 3 is 2.50 bits per heavy atom. The van der Waals surface area contributed by atoms with Crippen molar-refractivity contribution in [3.63, 3.8) is 0 Å². The van der Waals surface area contributed by atoms with Crippen LogP contribution in [0.1, 0.15) is 47.0 Å². The van der Waals surface area contributed by atoms with Crippen molar-refractivity contribution in [1.82, 2.24) is 0 Å². The third-order valence-corrected chi connectivity index (χ3v) is 5.76. The van der Waals surface area contributed by atoms with Crippen LogP contribution in [0.15, 0.2) is 0 Å².